The highest BCUT2D eigenvalue weighted by Gasteiger charge is 2.33. The molecule has 6 nitrogen and oxygen atoms in total. The molecule has 1 aliphatic heterocycles. The minimum Gasteiger partial charge on any atom is -0.452 e. The monoisotopic (exact) mass is 660 g/mol. The molecule has 1 fully saturated rings. The van der Waals surface area contributed by atoms with Crippen molar-refractivity contribution in [2.24, 2.45) is 0 Å². The van der Waals surface area contributed by atoms with Crippen LogP contribution < -0.4 is 16.0 Å². The molecule has 1 aliphatic rings. The van der Waals surface area contributed by atoms with E-state index in [-0.39, 0.29) is 18.6 Å². The van der Waals surface area contributed by atoms with Gasteiger partial charge in [-0.25, -0.2) is 0 Å². The Hall–Kier alpha value is -6.18. The van der Waals surface area contributed by atoms with Crippen molar-refractivity contribution in [2.45, 2.75) is 18.6 Å². The molecule has 0 bridgehead atoms. The van der Waals surface area contributed by atoms with Gasteiger partial charge in [0.05, 0.1) is 23.4 Å². The second-order valence-corrected chi connectivity index (χ2v) is 13.4. The molecule has 3 atom stereocenters. The first-order chi connectivity index (χ1) is 25.3. The molecule has 0 radical (unpaired) electrons. The molecule has 0 saturated carbocycles. The van der Waals surface area contributed by atoms with E-state index in [0.29, 0.717) is 0 Å². The SMILES string of the molecule is c1ccc(-c2cccc3c4ccccc4n(C4NC(c5ccccc5)NC(c5cccc6c5oc5c6ccc6c7ccccc7oc65)N4)c23)cc1. The van der Waals surface area contributed by atoms with Crippen LogP contribution in [-0.2, 0) is 0 Å². The van der Waals surface area contributed by atoms with Crippen LogP contribution in [0.2, 0.25) is 0 Å². The molecule has 7 aromatic carbocycles. The van der Waals surface area contributed by atoms with Gasteiger partial charge in [0, 0.05) is 43.4 Å². The Morgan fingerprint density at radius 1 is 0.431 bits per heavy atom. The van der Waals surface area contributed by atoms with Crippen molar-refractivity contribution in [3.05, 3.63) is 169 Å². The van der Waals surface area contributed by atoms with Crippen molar-refractivity contribution >= 4 is 65.7 Å². The first-order valence-corrected chi connectivity index (χ1v) is 17.5. The third-order valence-corrected chi connectivity index (χ3v) is 10.5. The van der Waals surface area contributed by atoms with E-state index >= 15 is 0 Å². The zero-order valence-electron chi connectivity index (χ0n) is 27.5. The maximum atomic E-state index is 6.86. The fraction of sp³-hybridized carbons (Fsp3) is 0.0667. The number of hydrogen-bond donors (Lipinski definition) is 3. The third-order valence-electron chi connectivity index (χ3n) is 10.5. The van der Waals surface area contributed by atoms with E-state index in [9.17, 15) is 0 Å². The first kappa shape index (κ1) is 28.6. The van der Waals surface area contributed by atoms with Crippen LogP contribution in [0.4, 0.5) is 0 Å². The summed E-state index contributed by atoms with van der Waals surface area (Å²) in [5, 5.41) is 18.5. The fourth-order valence-corrected chi connectivity index (χ4v) is 8.25. The lowest BCUT2D eigenvalue weighted by Gasteiger charge is -2.40. The molecule has 11 rings (SSSR count). The lowest BCUT2D eigenvalue weighted by molar-refractivity contribution is 0.161. The van der Waals surface area contributed by atoms with Gasteiger partial charge < -0.3 is 13.4 Å². The van der Waals surface area contributed by atoms with Crippen molar-refractivity contribution in [2.75, 3.05) is 0 Å². The average molecular weight is 661 g/mol. The van der Waals surface area contributed by atoms with E-state index in [1.807, 2.05) is 18.2 Å². The Kier molecular flexibility index (Phi) is 6.27. The molecule has 4 heterocycles. The maximum Gasteiger partial charge on any atom is 0.178 e. The number of benzene rings is 7. The summed E-state index contributed by atoms with van der Waals surface area (Å²) in [6, 6.07) is 55.5. The van der Waals surface area contributed by atoms with Gasteiger partial charge in [-0.05, 0) is 35.4 Å². The first-order valence-electron chi connectivity index (χ1n) is 17.5. The molecular formula is C45H32N4O2. The summed E-state index contributed by atoms with van der Waals surface area (Å²) in [6.07, 6.45) is -0.711. The smallest absolute Gasteiger partial charge is 0.178 e. The van der Waals surface area contributed by atoms with E-state index in [4.69, 9.17) is 8.83 Å². The summed E-state index contributed by atoms with van der Waals surface area (Å²) in [4.78, 5) is 0. The lowest BCUT2D eigenvalue weighted by Crippen LogP contribution is -2.56. The summed E-state index contributed by atoms with van der Waals surface area (Å²) >= 11 is 0. The Morgan fingerprint density at radius 2 is 1.06 bits per heavy atom. The van der Waals surface area contributed by atoms with E-state index in [2.05, 4.69) is 160 Å². The molecule has 6 heteroatoms. The Balaban J connectivity index is 1.12. The van der Waals surface area contributed by atoms with Crippen molar-refractivity contribution in [3.8, 4) is 11.1 Å². The molecule has 3 N–H and O–H groups in total. The van der Waals surface area contributed by atoms with Crippen molar-refractivity contribution in [3.63, 3.8) is 0 Å². The summed E-state index contributed by atoms with van der Waals surface area (Å²) < 4.78 is 15.7. The van der Waals surface area contributed by atoms with Crippen LogP contribution >= 0.6 is 0 Å². The van der Waals surface area contributed by atoms with Crippen LogP contribution in [0.3, 0.4) is 0 Å². The molecule has 3 unspecified atom stereocenters. The van der Waals surface area contributed by atoms with Crippen molar-refractivity contribution < 1.29 is 8.83 Å². The van der Waals surface area contributed by atoms with E-state index in [1.54, 1.807) is 0 Å². The van der Waals surface area contributed by atoms with Crippen LogP contribution in [-0.4, -0.2) is 4.57 Å². The number of nitrogens with zero attached hydrogens (tertiary/aromatic N) is 1. The number of nitrogens with one attached hydrogen (secondary N) is 3. The van der Waals surface area contributed by atoms with E-state index in [0.717, 1.165) is 60.5 Å². The van der Waals surface area contributed by atoms with Crippen LogP contribution in [0.15, 0.2) is 167 Å². The maximum absolute atomic E-state index is 6.86. The van der Waals surface area contributed by atoms with Gasteiger partial charge in [-0.3, -0.25) is 16.0 Å². The number of rotatable bonds is 4. The summed E-state index contributed by atoms with van der Waals surface area (Å²) in [5.74, 6) is 0. The molecule has 51 heavy (non-hydrogen) atoms. The summed E-state index contributed by atoms with van der Waals surface area (Å²) in [7, 11) is 0. The second kappa shape index (κ2) is 11.2. The molecule has 0 spiro atoms. The average Bonchev–Trinajstić information content (AvgIpc) is 3.88. The lowest BCUT2D eigenvalue weighted by atomic mass is 10.0. The van der Waals surface area contributed by atoms with Crippen LogP contribution in [0, 0.1) is 0 Å². The van der Waals surface area contributed by atoms with Gasteiger partial charge in [-0.15, -0.1) is 0 Å². The van der Waals surface area contributed by atoms with Gasteiger partial charge in [0.15, 0.2) is 11.2 Å². The third kappa shape index (κ3) is 4.34. The molecular weight excluding hydrogens is 629 g/mol. The highest BCUT2D eigenvalue weighted by molar-refractivity contribution is 6.19. The van der Waals surface area contributed by atoms with Crippen LogP contribution in [0.1, 0.15) is 29.7 Å². The largest absolute Gasteiger partial charge is 0.452 e. The van der Waals surface area contributed by atoms with Gasteiger partial charge in [0.1, 0.15) is 17.5 Å². The quantitative estimate of drug-likeness (QED) is 0.175. The number of furan rings is 2. The number of hydrogen-bond acceptors (Lipinski definition) is 5. The van der Waals surface area contributed by atoms with Crippen LogP contribution in [0.25, 0.3) is 76.8 Å². The molecule has 0 amide bonds. The normalized spacial score (nSPS) is 18.2. The Labute approximate surface area is 292 Å². The van der Waals surface area contributed by atoms with Crippen molar-refractivity contribution in [1.82, 2.24) is 20.5 Å². The van der Waals surface area contributed by atoms with Gasteiger partial charge in [-0.2, -0.15) is 0 Å². The minimum absolute atomic E-state index is 0.163. The number of para-hydroxylation sites is 4. The number of fused-ring (bicyclic) bond motifs is 10. The molecule has 244 valence electrons. The zero-order chi connectivity index (χ0) is 33.5. The molecule has 10 aromatic rings. The minimum atomic E-state index is -0.282. The predicted octanol–water partition coefficient (Wildman–Crippen LogP) is 10.9. The van der Waals surface area contributed by atoms with Gasteiger partial charge in [-0.1, -0.05) is 133 Å². The predicted molar refractivity (Wildman–Crippen MR) is 206 cm³/mol. The fourth-order valence-electron chi connectivity index (χ4n) is 8.25. The molecule has 3 aromatic heterocycles. The summed E-state index contributed by atoms with van der Waals surface area (Å²) in [6.45, 7) is 0. The Morgan fingerprint density at radius 3 is 1.92 bits per heavy atom. The van der Waals surface area contributed by atoms with Crippen LogP contribution in [0.5, 0.6) is 0 Å². The Bertz CT molecular complexity index is 2920. The standard InChI is InChI=1S/C45H32N4O2/c1-3-13-27(14-4-1)29-19-11-20-32-30-17-7-9-23-37(30)49(39(29)32)45-47-43(28-15-5-2-6-16-28)46-44(48-45)36-22-12-21-33-35-26-25-34-31-18-8-10-24-38(31)50-41(34)42(35)51-40(33)36/h1-26,43-48H. The van der Waals surface area contributed by atoms with E-state index in [1.165, 1.54) is 27.4 Å². The molecule has 1 saturated heterocycles. The summed E-state index contributed by atoms with van der Waals surface area (Å²) in [5.41, 5.74) is 10.1. The molecule has 0 aliphatic carbocycles. The highest BCUT2D eigenvalue weighted by Crippen LogP contribution is 2.42. The number of aromatic nitrogens is 1. The van der Waals surface area contributed by atoms with Gasteiger partial charge in [0.25, 0.3) is 0 Å². The highest BCUT2D eigenvalue weighted by atomic mass is 16.4. The van der Waals surface area contributed by atoms with Crippen molar-refractivity contribution in [1.29, 1.82) is 0 Å². The second-order valence-electron chi connectivity index (χ2n) is 13.4. The van der Waals surface area contributed by atoms with Gasteiger partial charge in [0.2, 0.25) is 0 Å². The zero-order valence-corrected chi connectivity index (χ0v) is 27.5. The van der Waals surface area contributed by atoms with E-state index < -0.39 is 0 Å². The topological polar surface area (TPSA) is 67.3 Å². The van der Waals surface area contributed by atoms with Gasteiger partial charge >= 0.3 is 0 Å².